The molecular weight excluding hydrogens is 1210 g/mol. The summed E-state index contributed by atoms with van der Waals surface area (Å²) in [5.41, 5.74) is 0. The number of carbonyl (C=O) groups is 7. The van der Waals surface area contributed by atoms with Crippen molar-refractivity contribution in [1.29, 1.82) is 0 Å². The van der Waals surface area contributed by atoms with E-state index < -0.39 is 167 Å². The number of unbranched alkanes of at least 4 members (excludes halogenated alkanes) is 17. The predicted octanol–water partition coefficient (Wildman–Crippen LogP) is 4.82. The van der Waals surface area contributed by atoms with E-state index >= 15 is 0 Å². The number of Topliss-reactive ketones (excluding diaryl/α,β-unsaturated/α-hetero) is 1. The van der Waals surface area contributed by atoms with E-state index in [9.17, 15) is 59.1 Å². The Labute approximate surface area is 543 Å². The van der Waals surface area contributed by atoms with Crippen LogP contribution in [0.5, 0.6) is 0 Å². The Bertz CT molecular complexity index is 2140. The van der Waals surface area contributed by atoms with Gasteiger partial charge in [0, 0.05) is 60.4 Å². The van der Waals surface area contributed by atoms with Crippen LogP contribution in [0.15, 0.2) is 0 Å². The van der Waals surface area contributed by atoms with Crippen LogP contribution in [-0.4, -0.2) is 236 Å². The van der Waals surface area contributed by atoms with Gasteiger partial charge in [-0.05, 0) is 65.6 Å². The number of hydrogen-bond acceptors (Lipinski definition) is 26. The number of ketones is 1. The van der Waals surface area contributed by atoms with E-state index in [1.54, 1.807) is 0 Å². The van der Waals surface area contributed by atoms with Crippen molar-refractivity contribution < 1.29 is 121 Å². The smallest absolute Gasteiger partial charge is 0.303 e. The number of carbonyl (C=O) groups excluding carboxylic acids is 7. The molecule has 532 valence electrons. The molecule has 0 spiro atoms. The molecular formula is C65H112N2O25. The minimum atomic E-state index is -1.95. The second kappa shape index (κ2) is 44.6. The quantitative estimate of drug-likeness (QED) is 0.0270. The van der Waals surface area contributed by atoms with E-state index in [0.717, 1.165) is 144 Å². The fourth-order valence-electron chi connectivity index (χ4n) is 11.7. The molecule has 4 fully saturated rings. The molecule has 6 N–H and O–H groups in total. The van der Waals surface area contributed by atoms with Crippen LogP contribution in [0.2, 0.25) is 0 Å². The van der Waals surface area contributed by atoms with E-state index in [1.807, 2.05) is 6.92 Å². The highest BCUT2D eigenvalue weighted by molar-refractivity contribution is 5.78. The number of aliphatic hydroxyl groups is 5. The Kier molecular flexibility index (Phi) is 39.0. The number of aliphatic hydroxyl groups excluding tert-OH is 5. The van der Waals surface area contributed by atoms with Gasteiger partial charge in [-0.3, -0.25) is 33.6 Å². The fourth-order valence-corrected chi connectivity index (χ4v) is 11.7. The molecule has 4 rings (SSSR count). The van der Waals surface area contributed by atoms with Gasteiger partial charge in [0.1, 0.15) is 48.5 Å². The lowest BCUT2D eigenvalue weighted by Crippen LogP contribution is -2.65. The van der Waals surface area contributed by atoms with Gasteiger partial charge < -0.3 is 97.3 Å². The van der Waals surface area contributed by atoms with E-state index in [-0.39, 0.29) is 11.7 Å². The minimum Gasteiger partial charge on any atom is -0.456 e. The lowest BCUT2D eigenvalue weighted by molar-refractivity contribution is -0.379. The number of amides is 1. The van der Waals surface area contributed by atoms with Gasteiger partial charge in [-0.25, -0.2) is 0 Å². The Morgan fingerprint density at radius 2 is 0.902 bits per heavy atom. The van der Waals surface area contributed by atoms with Crippen molar-refractivity contribution in [3.8, 4) is 0 Å². The molecule has 4 saturated heterocycles. The normalized spacial score (nSPS) is 29.0. The summed E-state index contributed by atoms with van der Waals surface area (Å²) in [4.78, 5) is 87.7. The van der Waals surface area contributed by atoms with Crippen molar-refractivity contribution >= 4 is 41.5 Å². The second-order valence-electron chi connectivity index (χ2n) is 25.1. The number of nitrogens with zero attached hydrogens (tertiary/aromatic N) is 1. The Balaban J connectivity index is 1.30. The van der Waals surface area contributed by atoms with Crippen LogP contribution in [0.25, 0.3) is 0 Å². The molecule has 0 aliphatic carbocycles. The molecule has 27 heteroatoms. The maximum Gasteiger partial charge on any atom is 0.303 e. The van der Waals surface area contributed by atoms with E-state index in [1.165, 1.54) is 25.7 Å². The van der Waals surface area contributed by atoms with Gasteiger partial charge in [-0.2, -0.15) is 0 Å². The zero-order valence-corrected chi connectivity index (χ0v) is 55.9. The first-order valence-electron chi connectivity index (χ1n) is 33.8. The predicted molar refractivity (Wildman–Crippen MR) is 329 cm³/mol. The molecule has 0 aromatic rings. The molecule has 4 aliphatic heterocycles. The SMILES string of the molecule is CCCCC[C@H](O[C@@H]1OC[C@@H](O)[C@H](O[C@@H]2OC[C@@H](O[C@@H]3OC[C@H](OC(C)=O)[C@H](OC(C)=O)[C@H]3OC(C)=O)[C@H](O)[C@H]2O)[C@H]1O[C@@H]1OC[C@H](OC(C)=O)[C@H](OC(C)=O)[C@H]1O)[C@@H](O)CCCCCCCC(=O)CCCCCCCCCCCCC(=O)NCCCCCN(C)C. The maximum absolute atomic E-state index is 12.7. The third-order valence-corrected chi connectivity index (χ3v) is 16.6. The van der Waals surface area contributed by atoms with Crippen molar-refractivity contribution in [1.82, 2.24) is 10.2 Å². The maximum atomic E-state index is 12.7. The van der Waals surface area contributed by atoms with E-state index in [0.29, 0.717) is 44.9 Å². The first-order valence-corrected chi connectivity index (χ1v) is 33.8. The van der Waals surface area contributed by atoms with Crippen molar-refractivity contribution in [2.75, 3.05) is 53.6 Å². The number of rotatable bonds is 45. The van der Waals surface area contributed by atoms with Gasteiger partial charge in [0.2, 0.25) is 5.91 Å². The van der Waals surface area contributed by atoms with Crippen LogP contribution in [0.3, 0.4) is 0 Å². The number of hydrogen-bond donors (Lipinski definition) is 6. The summed E-state index contributed by atoms with van der Waals surface area (Å²) in [5, 5.41) is 61.3. The Hall–Kier alpha value is -4.07. The first-order chi connectivity index (χ1) is 44.0. The fraction of sp³-hybridized carbons (Fsp3) is 0.892. The average Bonchev–Trinajstić information content (AvgIpc) is 0.809. The van der Waals surface area contributed by atoms with Crippen LogP contribution in [0.4, 0.5) is 0 Å². The summed E-state index contributed by atoms with van der Waals surface area (Å²) in [7, 11) is 4.15. The standard InChI is InChI=1S/C65H112N2O25/c1-9-10-23-33-49(47(74)32-26-20-17-19-25-31-46(73)30-24-18-15-13-11-12-14-16-21-27-34-53(76)66-35-28-22-29-36-67(7)8)89-64-60(92-63-56(79)58(86-43(4)70)51(39-82-63)84-41(2)68)57(48(75)37-80-64)91-62-55(78)54(77)50(38-81-62)90-65-61(88-45(6)72)59(87-44(5)71)52(40-83-65)85-42(3)69/h47-52,54-65,74-75,77-79H,9-40H2,1-8H3,(H,66,76)/t47-,48+,49-,50+,51-,52-,54-,55+,56+,57-,58-,59-,60+,61+,62-,63-,64-,65-/m0/s1. The molecule has 4 aliphatic rings. The third kappa shape index (κ3) is 30.3. The van der Waals surface area contributed by atoms with E-state index in [4.69, 9.17) is 61.6 Å². The van der Waals surface area contributed by atoms with Crippen LogP contribution >= 0.6 is 0 Å². The third-order valence-electron chi connectivity index (χ3n) is 16.6. The highest BCUT2D eigenvalue weighted by Crippen LogP contribution is 2.35. The van der Waals surface area contributed by atoms with Gasteiger partial charge in [0.15, 0.2) is 55.7 Å². The molecule has 0 aromatic heterocycles. The van der Waals surface area contributed by atoms with Crippen molar-refractivity contribution in [2.24, 2.45) is 0 Å². The topological polar surface area (TPSA) is 356 Å². The number of esters is 5. The summed E-state index contributed by atoms with van der Waals surface area (Å²) in [6, 6.07) is 0. The lowest BCUT2D eigenvalue weighted by atomic mass is 9.98. The number of ether oxygens (including phenoxy) is 13. The second-order valence-corrected chi connectivity index (χ2v) is 25.1. The molecule has 18 atom stereocenters. The van der Waals surface area contributed by atoms with Gasteiger partial charge in [0.05, 0.1) is 38.6 Å². The zero-order valence-electron chi connectivity index (χ0n) is 55.9. The zero-order chi connectivity index (χ0) is 67.5. The van der Waals surface area contributed by atoms with Crippen LogP contribution in [0, 0.1) is 0 Å². The van der Waals surface area contributed by atoms with Crippen LogP contribution in [-0.2, 0) is 95.1 Å². The summed E-state index contributed by atoms with van der Waals surface area (Å²) < 4.78 is 75.6. The van der Waals surface area contributed by atoms with Crippen molar-refractivity contribution in [3.05, 3.63) is 0 Å². The average molecular weight is 1320 g/mol. The molecule has 0 bridgehead atoms. The largest absolute Gasteiger partial charge is 0.456 e. The number of nitrogens with one attached hydrogen (secondary N) is 1. The van der Waals surface area contributed by atoms with Gasteiger partial charge in [-0.1, -0.05) is 110 Å². The van der Waals surface area contributed by atoms with Gasteiger partial charge in [-0.15, -0.1) is 0 Å². The highest BCUT2D eigenvalue weighted by atomic mass is 16.8. The molecule has 27 nitrogen and oxygen atoms in total. The summed E-state index contributed by atoms with van der Waals surface area (Å²) in [5.74, 6) is -3.54. The summed E-state index contributed by atoms with van der Waals surface area (Å²) in [6.45, 7) is 7.54. The molecule has 0 radical (unpaired) electrons. The lowest BCUT2D eigenvalue weighted by Gasteiger charge is -2.47. The molecule has 0 saturated carbocycles. The molecule has 4 heterocycles. The van der Waals surface area contributed by atoms with Crippen LogP contribution in [0.1, 0.15) is 208 Å². The minimum absolute atomic E-state index is 0.165. The molecule has 0 aromatic carbocycles. The highest BCUT2D eigenvalue weighted by Gasteiger charge is 2.54. The Morgan fingerprint density at radius 3 is 1.47 bits per heavy atom. The summed E-state index contributed by atoms with van der Waals surface area (Å²) in [6.07, 6.45) is -4.13. The Morgan fingerprint density at radius 1 is 0.446 bits per heavy atom. The first kappa shape index (κ1) is 80.4. The monoisotopic (exact) mass is 1320 g/mol. The molecule has 1 amide bonds. The molecule has 92 heavy (non-hydrogen) atoms. The molecule has 0 unspecified atom stereocenters. The van der Waals surface area contributed by atoms with Crippen LogP contribution < -0.4 is 5.32 Å². The van der Waals surface area contributed by atoms with Gasteiger partial charge >= 0.3 is 29.8 Å². The summed E-state index contributed by atoms with van der Waals surface area (Å²) >= 11 is 0. The van der Waals surface area contributed by atoms with Gasteiger partial charge in [0.25, 0.3) is 0 Å². The van der Waals surface area contributed by atoms with E-state index in [2.05, 4.69) is 24.3 Å². The van der Waals surface area contributed by atoms with Crippen molar-refractivity contribution in [2.45, 2.75) is 319 Å². The van der Waals surface area contributed by atoms with Crippen molar-refractivity contribution in [3.63, 3.8) is 0 Å².